The third-order valence-electron chi connectivity index (χ3n) is 3.05. The zero-order chi connectivity index (χ0) is 15.9. The summed E-state index contributed by atoms with van der Waals surface area (Å²) in [6.07, 6.45) is 2.98. The van der Waals surface area contributed by atoms with Crippen molar-refractivity contribution in [3.8, 4) is 0 Å². The van der Waals surface area contributed by atoms with Crippen LogP contribution in [0.1, 0.15) is 19.4 Å². The molecule has 2 aromatic carbocycles. The second-order valence-electron chi connectivity index (χ2n) is 4.92. The van der Waals surface area contributed by atoms with Crippen LogP contribution in [-0.4, -0.2) is 24.6 Å². The Hall–Kier alpha value is -2.62. The molecule has 0 aliphatic rings. The molecule has 4 heteroatoms. The Bertz CT molecular complexity index is 703. The standard InChI is InChI=1S/C18H18O4/c1-13(19)21-12-18(22-14(2)20)10-8-15-7-9-16-5-3-4-6-17(16)11-15/h3-11,18H,12H2,1-2H3/b10-8+. The van der Waals surface area contributed by atoms with Crippen molar-refractivity contribution >= 4 is 28.8 Å². The van der Waals surface area contributed by atoms with Crippen LogP contribution in [-0.2, 0) is 19.1 Å². The highest BCUT2D eigenvalue weighted by Gasteiger charge is 2.10. The number of esters is 2. The summed E-state index contributed by atoms with van der Waals surface area (Å²) in [6.45, 7) is 2.65. The molecule has 0 radical (unpaired) electrons. The van der Waals surface area contributed by atoms with Crippen LogP contribution in [0.2, 0.25) is 0 Å². The lowest BCUT2D eigenvalue weighted by molar-refractivity contribution is -0.153. The van der Waals surface area contributed by atoms with Gasteiger partial charge in [-0.2, -0.15) is 0 Å². The molecule has 1 atom stereocenters. The van der Waals surface area contributed by atoms with Crippen molar-refractivity contribution in [2.24, 2.45) is 0 Å². The first kappa shape index (κ1) is 15.8. The van der Waals surface area contributed by atoms with E-state index >= 15 is 0 Å². The summed E-state index contributed by atoms with van der Waals surface area (Å²) in [7, 11) is 0. The maximum atomic E-state index is 11.1. The third-order valence-corrected chi connectivity index (χ3v) is 3.05. The van der Waals surface area contributed by atoms with Crippen molar-refractivity contribution in [1.29, 1.82) is 0 Å². The SMILES string of the molecule is CC(=O)OCC(/C=C/c1ccc2ccccc2c1)OC(C)=O. The Morgan fingerprint density at radius 2 is 1.77 bits per heavy atom. The summed E-state index contributed by atoms with van der Waals surface area (Å²) in [5.41, 5.74) is 0.985. The van der Waals surface area contributed by atoms with E-state index in [-0.39, 0.29) is 6.61 Å². The molecule has 4 nitrogen and oxygen atoms in total. The summed E-state index contributed by atoms with van der Waals surface area (Å²) in [5, 5.41) is 2.30. The Labute approximate surface area is 129 Å². The van der Waals surface area contributed by atoms with Gasteiger partial charge in [-0.05, 0) is 28.5 Å². The van der Waals surface area contributed by atoms with Crippen LogP contribution >= 0.6 is 0 Å². The molecule has 114 valence electrons. The van der Waals surface area contributed by atoms with Gasteiger partial charge in [0.05, 0.1) is 0 Å². The Morgan fingerprint density at radius 1 is 1.05 bits per heavy atom. The van der Waals surface area contributed by atoms with Crippen LogP contribution in [0.4, 0.5) is 0 Å². The molecule has 1 unspecified atom stereocenters. The maximum Gasteiger partial charge on any atom is 0.303 e. The molecule has 0 spiro atoms. The van der Waals surface area contributed by atoms with Crippen molar-refractivity contribution in [1.82, 2.24) is 0 Å². The fraction of sp³-hybridized carbons (Fsp3) is 0.222. The van der Waals surface area contributed by atoms with Crippen LogP contribution in [0.5, 0.6) is 0 Å². The van der Waals surface area contributed by atoms with Gasteiger partial charge in [0.1, 0.15) is 6.61 Å². The molecule has 0 heterocycles. The number of benzene rings is 2. The van der Waals surface area contributed by atoms with E-state index in [1.807, 2.05) is 48.5 Å². The summed E-state index contributed by atoms with van der Waals surface area (Å²) >= 11 is 0. The number of ether oxygens (including phenoxy) is 2. The van der Waals surface area contributed by atoms with Gasteiger partial charge in [0, 0.05) is 13.8 Å². The first-order valence-corrected chi connectivity index (χ1v) is 7.02. The lowest BCUT2D eigenvalue weighted by Gasteiger charge is -2.12. The highest BCUT2D eigenvalue weighted by molar-refractivity contribution is 5.84. The number of hydrogen-bond donors (Lipinski definition) is 0. The molecule has 2 aromatic rings. The topological polar surface area (TPSA) is 52.6 Å². The Morgan fingerprint density at radius 3 is 2.45 bits per heavy atom. The van der Waals surface area contributed by atoms with E-state index < -0.39 is 18.0 Å². The molecule has 0 fully saturated rings. The van der Waals surface area contributed by atoms with E-state index in [4.69, 9.17) is 9.47 Å². The number of carbonyl (C=O) groups excluding carboxylic acids is 2. The van der Waals surface area contributed by atoms with Crippen LogP contribution in [0.15, 0.2) is 48.5 Å². The summed E-state index contributed by atoms with van der Waals surface area (Å²) in [4.78, 5) is 22.0. The molecule has 0 bridgehead atoms. The van der Waals surface area contributed by atoms with Gasteiger partial charge in [-0.1, -0.05) is 42.5 Å². The fourth-order valence-corrected chi connectivity index (χ4v) is 2.07. The van der Waals surface area contributed by atoms with Crippen molar-refractivity contribution in [2.45, 2.75) is 20.0 Å². The first-order chi connectivity index (χ1) is 10.5. The van der Waals surface area contributed by atoms with Gasteiger partial charge in [-0.25, -0.2) is 0 Å². The first-order valence-electron chi connectivity index (χ1n) is 7.02. The highest BCUT2D eigenvalue weighted by atomic mass is 16.6. The molecular formula is C18H18O4. The quantitative estimate of drug-likeness (QED) is 0.794. The molecule has 0 aromatic heterocycles. The van der Waals surface area contributed by atoms with Crippen molar-refractivity contribution in [3.63, 3.8) is 0 Å². The van der Waals surface area contributed by atoms with E-state index in [2.05, 4.69) is 0 Å². The van der Waals surface area contributed by atoms with E-state index in [1.165, 1.54) is 13.8 Å². The van der Waals surface area contributed by atoms with Gasteiger partial charge in [0.2, 0.25) is 0 Å². The predicted octanol–water partition coefficient (Wildman–Crippen LogP) is 3.35. The number of fused-ring (bicyclic) bond motifs is 1. The van der Waals surface area contributed by atoms with Gasteiger partial charge in [-0.3, -0.25) is 9.59 Å². The second-order valence-corrected chi connectivity index (χ2v) is 4.92. The van der Waals surface area contributed by atoms with E-state index in [1.54, 1.807) is 6.08 Å². The van der Waals surface area contributed by atoms with Gasteiger partial charge in [0.25, 0.3) is 0 Å². The summed E-state index contributed by atoms with van der Waals surface area (Å²) < 4.78 is 10.0. The van der Waals surface area contributed by atoms with E-state index in [0.29, 0.717) is 0 Å². The van der Waals surface area contributed by atoms with E-state index in [0.717, 1.165) is 16.3 Å². The summed E-state index contributed by atoms with van der Waals surface area (Å²) in [5.74, 6) is -0.823. The molecule has 0 saturated carbocycles. The largest absolute Gasteiger partial charge is 0.462 e. The Kier molecular flexibility index (Phi) is 5.31. The van der Waals surface area contributed by atoms with Gasteiger partial charge in [-0.15, -0.1) is 0 Å². The normalized spacial score (nSPS) is 12.3. The smallest absolute Gasteiger partial charge is 0.303 e. The molecule has 0 aliphatic heterocycles. The van der Waals surface area contributed by atoms with Crippen LogP contribution in [0, 0.1) is 0 Å². The third kappa shape index (κ3) is 4.74. The zero-order valence-electron chi connectivity index (χ0n) is 12.6. The maximum absolute atomic E-state index is 11.1. The van der Waals surface area contributed by atoms with Crippen LogP contribution < -0.4 is 0 Å². The lowest BCUT2D eigenvalue weighted by Crippen LogP contribution is -2.21. The van der Waals surface area contributed by atoms with Gasteiger partial charge >= 0.3 is 11.9 Å². The Balaban J connectivity index is 2.13. The van der Waals surface area contributed by atoms with Crippen molar-refractivity contribution in [2.75, 3.05) is 6.61 Å². The van der Waals surface area contributed by atoms with Gasteiger partial charge < -0.3 is 9.47 Å². The summed E-state index contributed by atoms with van der Waals surface area (Å²) in [6, 6.07) is 14.1. The number of carbonyl (C=O) groups is 2. The average Bonchev–Trinajstić information content (AvgIpc) is 2.49. The minimum atomic E-state index is -0.590. The van der Waals surface area contributed by atoms with Crippen molar-refractivity contribution < 1.29 is 19.1 Å². The van der Waals surface area contributed by atoms with Crippen LogP contribution in [0.3, 0.4) is 0 Å². The minimum Gasteiger partial charge on any atom is -0.462 e. The molecule has 0 N–H and O–H groups in total. The average molecular weight is 298 g/mol. The van der Waals surface area contributed by atoms with Crippen molar-refractivity contribution in [3.05, 3.63) is 54.1 Å². The minimum absolute atomic E-state index is 0.0129. The second kappa shape index (κ2) is 7.41. The highest BCUT2D eigenvalue weighted by Crippen LogP contribution is 2.16. The lowest BCUT2D eigenvalue weighted by atomic mass is 10.1. The fourth-order valence-electron chi connectivity index (χ4n) is 2.07. The van der Waals surface area contributed by atoms with Gasteiger partial charge in [0.15, 0.2) is 6.10 Å². The monoisotopic (exact) mass is 298 g/mol. The zero-order valence-corrected chi connectivity index (χ0v) is 12.6. The molecule has 0 saturated heterocycles. The molecule has 22 heavy (non-hydrogen) atoms. The van der Waals surface area contributed by atoms with Crippen LogP contribution in [0.25, 0.3) is 16.8 Å². The van der Waals surface area contributed by atoms with E-state index in [9.17, 15) is 9.59 Å². The number of hydrogen-bond acceptors (Lipinski definition) is 4. The molecule has 0 aliphatic carbocycles. The number of rotatable bonds is 5. The molecule has 2 rings (SSSR count). The molecular weight excluding hydrogens is 280 g/mol. The predicted molar refractivity (Wildman–Crippen MR) is 85.2 cm³/mol. The molecule has 0 amide bonds.